The Bertz CT molecular complexity index is 843. The Hall–Kier alpha value is -1.97. The van der Waals surface area contributed by atoms with Crippen molar-refractivity contribution in [3.8, 4) is 5.82 Å². The molecule has 0 unspecified atom stereocenters. The van der Waals surface area contributed by atoms with Crippen LogP contribution in [0.4, 0.5) is 5.69 Å². The van der Waals surface area contributed by atoms with Crippen LogP contribution in [0.1, 0.15) is 0 Å². The molecule has 3 aromatic rings. The highest BCUT2D eigenvalue weighted by atomic mass is 35.5. The van der Waals surface area contributed by atoms with Gasteiger partial charge in [0.15, 0.2) is 8.68 Å². The zero-order chi connectivity index (χ0) is 14.9. The van der Waals surface area contributed by atoms with Gasteiger partial charge in [-0.15, -0.1) is 0 Å². The molecule has 0 aliphatic heterocycles. The third kappa shape index (κ3) is 3.04. The predicted octanol–water partition coefficient (Wildman–Crippen LogP) is 2.18. The van der Waals surface area contributed by atoms with Crippen molar-refractivity contribution < 1.29 is 8.42 Å². The van der Waals surface area contributed by atoms with E-state index in [1.54, 1.807) is 35.4 Å². The summed E-state index contributed by atoms with van der Waals surface area (Å²) in [6.07, 6.45) is 7.61. The lowest BCUT2D eigenvalue weighted by molar-refractivity contribution is 0.603. The van der Waals surface area contributed by atoms with Gasteiger partial charge in [0.2, 0.25) is 0 Å². The van der Waals surface area contributed by atoms with Gasteiger partial charge in [-0.1, -0.05) is 22.9 Å². The Morgan fingerprint density at radius 1 is 1.24 bits per heavy atom. The first-order valence-corrected chi connectivity index (χ1v) is 8.31. The van der Waals surface area contributed by atoms with Gasteiger partial charge < -0.3 is 0 Å². The maximum atomic E-state index is 12.1. The first kappa shape index (κ1) is 14.0. The quantitative estimate of drug-likeness (QED) is 0.785. The highest BCUT2D eigenvalue weighted by Crippen LogP contribution is 2.24. The standard InChI is InChI=1S/C11H8ClN5O2S2/c12-11-15-6-10(20-11)21(18,19)16-8-1-2-9(14-5-8)17-4-3-13-7-17/h1-7,16H. The van der Waals surface area contributed by atoms with Crippen LogP contribution in [-0.2, 0) is 10.0 Å². The summed E-state index contributed by atoms with van der Waals surface area (Å²) in [7, 11) is -3.70. The molecule has 0 amide bonds. The van der Waals surface area contributed by atoms with Gasteiger partial charge in [0.1, 0.15) is 12.1 Å². The molecule has 7 nitrogen and oxygen atoms in total. The van der Waals surface area contributed by atoms with Crippen LogP contribution < -0.4 is 4.72 Å². The number of pyridine rings is 1. The van der Waals surface area contributed by atoms with Gasteiger partial charge in [0.05, 0.1) is 18.1 Å². The number of hydrogen-bond acceptors (Lipinski definition) is 6. The second-order valence-electron chi connectivity index (χ2n) is 3.91. The molecule has 21 heavy (non-hydrogen) atoms. The third-order valence-electron chi connectivity index (χ3n) is 2.49. The molecule has 0 saturated heterocycles. The Kier molecular flexibility index (Phi) is 3.62. The molecule has 0 radical (unpaired) electrons. The average molecular weight is 342 g/mol. The molecule has 0 aromatic carbocycles. The van der Waals surface area contributed by atoms with E-state index in [-0.39, 0.29) is 8.68 Å². The third-order valence-corrected chi connectivity index (χ3v) is 5.45. The summed E-state index contributed by atoms with van der Waals surface area (Å²) in [5.41, 5.74) is 0.350. The van der Waals surface area contributed by atoms with Gasteiger partial charge >= 0.3 is 0 Å². The van der Waals surface area contributed by atoms with Gasteiger partial charge in [-0.05, 0) is 12.1 Å². The van der Waals surface area contributed by atoms with E-state index in [0.29, 0.717) is 11.5 Å². The van der Waals surface area contributed by atoms with Crippen molar-refractivity contribution in [1.82, 2.24) is 19.5 Å². The number of anilines is 1. The van der Waals surface area contributed by atoms with Crippen LogP contribution in [0.3, 0.4) is 0 Å². The largest absolute Gasteiger partial charge is 0.291 e. The van der Waals surface area contributed by atoms with Crippen LogP contribution in [0.15, 0.2) is 47.5 Å². The number of nitrogens with zero attached hydrogens (tertiary/aromatic N) is 4. The molecule has 1 N–H and O–H groups in total. The second kappa shape index (κ2) is 5.43. The van der Waals surface area contributed by atoms with E-state index in [9.17, 15) is 8.42 Å². The molecule has 0 aliphatic rings. The minimum Gasteiger partial charge on any atom is -0.291 e. The molecule has 0 bridgehead atoms. The number of imidazole rings is 1. The fraction of sp³-hybridized carbons (Fsp3) is 0. The maximum absolute atomic E-state index is 12.1. The smallest absolute Gasteiger partial charge is 0.273 e. The Balaban J connectivity index is 1.82. The fourth-order valence-electron chi connectivity index (χ4n) is 1.56. The van der Waals surface area contributed by atoms with E-state index in [1.807, 2.05) is 0 Å². The number of aromatic nitrogens is 4. The topological polar surface area (TPSA) is 89.8 Å². The molecule has 0 atom stereocenters. The van der Waals surface area contributed by atoms with E-state index >= 15 is 0 Å². The lowest BCUT2D eigenvalue weighted by atomic mass is 10.4. The Labute approximate surface area is 129 Å². The van der Waals surface area contributed by atoms with E-state index in [1.165, 1.54) is 12.4 Å². The predicted molar refractivity (Wildman–Crippen MR) is 79.3 cm³/mol. The monoisotopic (exact) mass is 341 g/mol. The van der Waals surface area contributed by atoms with Gasteiger partial charge in [-0.2, -0.15) is 0 Å². The molecule has 3 aromatic heterocycles. The summed E-state index contributed by atoms with van der Waals surface area (Å²) in [4.78, 5) is 11.8. The molecule has 3 rings (SSSR count). The van der Waals surface area contributed by atoms with Crippen LogP contribution in [0.25, 0.3) is 5.82 Å². The van der Waals surface area contributed by atoms with Crippen molar-refractivity contribution >= 4 is 38.6 Å². The lowest BCUT2D eigenvalue weighted by Gasteiger charge is -2.06. The Morgan fingerprint density at radius 3 is 2.67 bits per heavy atom. The summed E-state index contributed by atoms with van der Waals surface area (Å²) >= 11 is 6.53. The highest BCUT2D eigenvalue weighted by molar-refractivity contribution is 7.94. The molecule has 10 heteroatoms. The number of thiazole rings is 1. The fourth-order valence-corrected chi connectivity index (χ4v) is 3.90. The summed E-state index contributed by atoms with van der Waals surface area (Å²) in [5, 5.41) is 0. The molecule has 108 valence electrons. The summed E-state index contributed by atoms with van der Waals surface area (Å²) < 4.78 is 28.5. The molecule has 0 saturated carbocycles. The van der Waals surface area contributed by atoms with Crippen molar-refractivity contribution in [2.45, 2.75) is 4.21 Å². The van der Waals surface area contributed by atoms with Crippen molar-refractivity contribution in [1.29, 1.82) is 0 Å². The van der Waals surface area contributed by atoms with Crippen LogP contribution in [0, 0.1) is 0 Å². The number of sulfonamides is 1. The Morgan fingerprint density at radius 2 is 2.10 bits per heavy atom. The first-order chi connectivity index (χ1) is 10.0. The van der Waals surface area contributed by atoms with Gasteiger partial charge in [-0.25, -0.2) is 23.4 Å². The molecule has 0 spiro atoms. The van der Waals surface area contributed by atoms with Crippen LogP contribution in [-0.4, -0.2) is 27.9 Å². The maximum Gasteiger partial charge on any atom is 0.273 e. The van der Waals surface area contributed by atoms with Crippen molar-refractivity contribution in [3.63, 3.8) is 0 Å². The molecule has 0 fully saturated rings. The minimum atomic E-state index is -3.70. The van der Waals surface area contributed by atoms with Crippen LogP contribution >= 0.6 is 22.9 Å². The van der Waals surface area contributed by atoms with Crippen molar-refractivity contribution in [2.24, 2.45) is 0 Å². The number of hydrogen-bond donors (Lipinski definition) is 1. The molecular formula is C11H8ClN5O2S2. The van der Waals surface area contributed by atoms with Crippen molar-refractivity contribution in [2.75, 3.05) is 4.72 Å². The van der Waals surface area contributed by atoms with Gasteiger partial charge in [-0.3, -0.25) is 9.29 Å². The summed E-state index contributed by atoms with van der Waals surface area (Å²) in [5.74, 6) is 0.635. The second-order valence-corrected chi connectivity index (χ2v) is 7.43. The number of halogens is 1. The molecular weight excluding hydrogens is 334 g/mol. The SMILES string of the molecule is O=S(=O)(Nc1ccc(-n2ccnc2)nc1)c1cnc(Cl)s1. The van der Waals surface area contributed by atoms with E-state index in [4.69, 9.17) is 11.6 Å². The van der Waals surface area contributed by atoms with E-state index < -0.39 is 10.0 Å². The number of rotatable bonds is 4. The minimum absolute atomic E-state index is 0.0474. The van der Waals surface area contributed by atoms with Gasteiger partial charge in [0, 0.05) is 12.4 Å². The van der Waals surface area contributed by atoms with Crippen molar-refractivity contribution in [3.05, 3.63) is 47.7 Å². The van der Waals surface area contributed by atoms with E-state index in [0.717, 1.165) is 11.3 Å². The van der Waals surface area contributed by atoms with Crippen LogP contribution in [0.5, 0.6) is 0 Å². The van der Waals surface area contributed by atoms with Crippen LogP contribution in [0.2, 0.25) is 4.47 Å². The zero-order valence-corrected chi connectivity index (χ0v) is 12.7. The lowest BCUT2D eigenvalue weighted by Crippen LogP contribution is -2.11. The number of nitrogens with one attached hydrogen (secondary N) is 1. The van der Waals surface area contributed by atoms with E-state index in [2.05, 4.69) is 19.7 Å². The van der Waals surface area contributed by atoms with Gasteiger partial charge in [0.25, 0.3) is 10.0 Å². The highest BCUT2D eigenvalue weighted by Gasteiger charge is 2.17. The summed E-state index contributed by atoms with van der Waals surface area (Å²) in [6, 6.07) is 3.29. The summed E-state index contributed by atoms with van der Waals surface area (Å²) in [6.45, 7) is 0. The first-order valence-electron chi connectivity index (χ1n) is 5.63. The molecule has 0 aliphatic carbocycles. The molecule has 3 heterocycles. The normalized spacial score (nSPS) is 11.5. The zero-order valence-electron chi connectivity index (χ0n) is 10.3. The average Bonchev–Trinajstić information content (AvgIpc) is 3.10.